The maximum atomic E-state index is 12.8. The van der Waals surface area contributed by atoms with Crippen molar-refractivity contribution in [2.45, 2.75) is 52.6 Å². The van der Waals surface area contributed by atoms with Crippen LogP contribution in [0.3, 0.4) is 0 Å². The smallest absolute Gasteiger partial charge is 0.227 e. The molecule has 0 N–H and O–H groups in total. The number of carbonyl (C=O) groups is 2. The average molecular weight is 370 g/mol. The van der Waals surface area contributed by atoms with Gasteiger partial charge in [-0.1, -0.05) is 11.2 Å². The molecule has 7 nitrogen and oxygen atoms in total. The molecule has 0 saturated carbocycles. The van der Waals surface area contributed by atoms with Gasteiger partial charge in [-0.15, -0.1) is 0 Å². The third-order valence-electron chi connectivity index (χ3n) is 5.18. The van der Waals surface area contributed by atoms with Gasteiger partial charge in [-0.25, -0.2) is 0 Å². The van der Waals surface area contributed by atoms with Gasteiger partial charge in [-0.05, 0) is 38.3 Å². The Morgan fingerprint density at radius 3 is 2.81 bits per heavy atom. The first-order valence-electron chi connectivity index (χ1n) is 9.31. The van der Waals surface area contributed by atoms with E-state index in [-0.39, 0.29) is 24.3 Å². The first kappa shape index (κ1) is 19.1. The molecule has 1 unspecified atom stereocenters. The number of piperidine rings is 1. The zero-order chi connectivity index (χ0) is 19.4. The quantitative estimate of drug-likeness (QED) is 0.807. The molecule has 3 rings (SSSR count). The van der Waals surface area contributed by atoms with Crippen molar-refractivity contribution in [2.75, 3.05) is 13.1 Å². The summed E-state index contributed by atoms with van der Waals surface area (Å²) in [6.07, 6.45) is 5.57. The molecule has 7 heteroatoms. The fourth-order valence-corrected chi connectivity index (χ4v) is 3.64. The van der Waals surface area contributed by atoms with E-state index in [1.807, 2.05) is 35.8 Å². The predicted octanol–water partition coefficient (Wildman–Crippen LogP) is 2.27. The van der Waals surface area contributed by atoms with Crippen LogP contribution in [-0.2, 0) is 22.6 Å². The van der Waals surface area contributed by atoms with Gasteiger partial charge >= 0.3 is 0 Å². The highest BCUT2D eigenvalue weighted by Gasteiger charge is 2.30. The summed E-state index contributed by atoms with van der Waals surface area (Å²) in [4.78, 5) is 32.9. The number of hydrogen-bond acceptors (Lipinski definition) is 5. The lowest BCUT2D eigenvalue weighted by Gasteiger charge is -2.39. The van der Waals surface area contributed by atoms with Crippen molar-refractivity contribution >= 4 is 11.8 Å². The van der Waals surface area contributed by atoms with Crippen LogP contribution in [0.15, 0.2) is 29.0 Å². The summed E-state index contributed by atoms with van der Waals surface area (Å²) in [6, 6.07) is 3.85. The number of rotatable bonds is 5. The van der Waals surface area contributed by atoms with Gasteiger partial charge in [-0.2, -0.15) is 0 Å². The molecule has 2 aromatic rings. The molecule has 1 aliphatic rings. The summed E-state index contributed by atoms with van der Waals surface area (Å²) in [7, 11) is 0. The molecule has 0 radical (unpaired) electrons. The Labute approximate surface area is 159 Å². The first-order valence-corrected chi connectivity index (χ1v) is 9.31. The maximum absolute atomic E-state index is 12.8. The average Bonchev–Trinajstić information content (AvgIpc) is 2.98. The minimum absolute atomic E-state index is 0.0175. The second kappa shape index (κ2) is 8.33. The minimum Gasteiger partial charge on any atom is -0.361 e. The van der Waals surface area contributed by atoms with Crippen LogP contribution in [0.25, 0.3) is 0 Å². The lowest BCUT2D eigenvalue weighted by Crippen LogP contribution is -2.51. The van der Waals surface area contributed by atoms with E-state index in [0.29, 0.717) is 18.8 Å². The van der Waals surface area contributed by atoms with Gasteiger partial charge in [0.25, 0.3) is 0 Å². The third-order valence-corrected chi connectivity index (χ3v) is 5.18. The maximum Gasteiger partial charge on any atom is 0.227 e. The first-order chi connectivity index (χ1) is 13.0. The zero-order valence-electron chi connectivity index (χ0n) is 16.1. The number of aromatic nitrogens is 2. The Morgan fingerprint density at radius 2 is 2.19 bits per heavy atom. The molecule has 2 amide bonds. The van der Waals surface area contributed by atoms with Crippen LogP contribution in [0.2, 0.25) is 0 Å². The number of nitrogens with zero attached hydrogens (tertiary/aromatic N) is 4. The van der Waals surface area contributed by atoms with Gasteiger partial charge in [-0.3, -0.25) is 14.6 Å². The molecule has 27 heavy (non-hydrogen) atoms. The molecule has 1 atom stereocenters. The fraction of sp³-hybridized carbons (Fsp3) is 0.500. The van der Waals surface area contributed by atoms with Crippen LogP contribution in [-0.4, -0.2) is 50.9 Å². The highest BCUT2D eigenvalue weighted by atomic mass is 16.5. The van der Waals surface area contributed by atoms with E-state index in [1.165, 1.54) is 0 Å². The van der Waals surface area contributed by atoms with Crippen LogP contribution < -0.4 is 0 Å². The van der Waals surface area contributed by atoms with Crippen LogP contribution in [0, 0.1) is 13.8 Å². The largest absolute Gasteiger partial charge is 0.361 e. The number of pyridine rings is 1. The highest BCUT2D eigenvalue weighted by Crippen LogP contribution is 2.21. The van der Waals surface area contributed by atoms with E-state index in [2.05, 4.69) is 10.1 Å². The number of aryl methyl sites for hydroxylation is 2. The molecular weight excluding hydrogens is 344 g/mol. The summed E-state index contributed by atoms with van der Waals surface area (Å²) in [5.41, 5.74) is 2.61. The standard InChI is InChI=1S/C20H26N4O3/c1-14-19(15(2)27-22-14)10-20(26)23-9-5-7-18(13-23)24(16(3)25)12-17-6-4-8-21-11-17/h4,6,8,11,18H,5,7,9-10,12-13H2,1-3H3. The van der Waals surface area contributed by atoms with Gasteiger partial charge < -0.3 is 14.3 Å². The third kappa shape index (κ3) is 4.53. The lowest BCUT2D eigenvalue weighted by molar-refractivity contribution is -0.138. The van der Waals surface area contributed by atoms with Crippen LogP contribution in [0.1, 0.15) is 42.3 Å². The monoisotopic (exact) mass is 370 g/mol. The summed E-state index contributed by atoms with van der Waals surface area (Å²) >= 11 is 0. The fourth-order valence-electron chi connectivity index (χ4n) is 3.64. The summed E-state index contributed by atoms with van der Waals surface area (Å²) in [5, 5.41) is 3.92. The van der Waals surface area contributed by atoms with Crippen molar-refractivity contribution < 1.29 is 14.1 Å². The number of amides is 2. The van der Waals surface area contributed by atoms with Crippen LogP contribution in [0.4, 0.5) is 0 Å². The van der Waals surface area contributed by atoms with Crippen molar-refractivity contribution in [3.8, 4) is 0 Å². The lowest BCUT2D eigenvalue weighted by atomic mass is 10.0. The van der Waals surface area contributed by atoms with E-state index >= 15 is 0 Å². The van der Waals surface area contributed by atoms with E-state index in [1.54, 1.807) is 19.3 Å². The molecule has 0 spiro atoms. The second-order valence-electron chi connectivity index (χ2n) is 7.12. The number of likely N-dealkylation sites (tertiary alicyclic amines) is 1. The normalized spacial score (nSPS) is 17.0. The van der Waals surface area contributed by atoms with Crippen LogP contribution in [0.5, 0.6) is 0 Å². The Balaban J connectivity index is 1.68. The zero-order valence-corrected chi connectivity index (χ0v) is 16.1. The van der Waals surface area contributed by atoms with Crippen molar-refractivity contribution in [3.63, 3.8) is 0 Å². The SMILES string of the molecule is CC(=O)N(Cc1cccnc1)C1CCCN(C(=O)Cc2c(C)noc2C)C1. The molecular formula is C20H26N4O3. The van der Waals surface area contributed by atoms with Gasteiger partial charge in [0, 0.05) is 50.6 Å². The topological polar surface area (TPSA) is 79.5 Å². The van der Waals surface area contributed by atoms with E-state index in [4.69, 9.17) is 4.52 Å². The second-order valence-corrected chi connectivity index (χ2v) is 7.12. The van der Waals surface area contributed by atoms with E-state index in [9.17, 15) is 9.59 Å². The van der Waals surface area contributed by atoms with Crippen molar-refractivity contribution in [1.82, 2.24) is 19.9 Å². The summed E-state index contributed by atoms with van der Waals surface area (Å²) in [6.45, 7) is 7.05. The molecule has 1 fully saturated rings. The highest BCUT2D eigenvalue weighted by molar-refractivity contribution is 5.79. The Morgan fingerprint density at radius 1 is 1.37 bits per heavy atom. The molecule has 144 valence electrons. The van der Waals surface area contributed by atoms with Crippen LogP contribution >= 0.6 is 0 Å². The van der Waals surface area contributed by atoms with Crippen molar-refractivity contribution in [2.24, 2.45) is 0 Å². The predicted molar refractivity (Wildman–Crippen MR) is 99.7 cm³/mol. The van der Waals surface area contributed by atoms with Gasteiger partial charge in [0.15, 0.2) is 0 Å². The van der Waals surface area contributed by atoms with Crippen molar-refractivity contribution in [1.29, 1.82) is 0 Å². The molecule has 0 aliphatic carbocycles. The van der Waals surface area contributed by atoms with Gasteiger partial charge in [0.05, 0.1) is 12.1 Å². The molecule has 0 aromatic carbocycles. The van der Waals surface area contributed by atoms with Gasteiger partial charge in [0.1, 0.15) is 5.76 Å². The van der Waals surface area contributed by atoms with Gasteiger partial charge in [0.2, 0.25) is 11.8 Å². The summed E-state index contributed by atoms with van der Waals surface area (Å²) < 4.78 is 5.16. The number of hydrogen-bond donors (Lipinski definition) is 0. The molecule has 1 aliphatic heterocycles. The Bertz CT molecular complexity index is 783. The van der Waals surface area contributed by atoms with E-state index in [0.717, 1.165) is 36.2 Å². The van der Waals surface area contributed by atoms with Crippen molar-refractivity contribution in [3.05, 3.63) is 47.1 Å². The minimum atomic E-state index is 0.0175. The summed E-state index contributed by atoms with van der Waals surface area (Å²) in [5.74, 6) is 0.763. The molecule has 0 bridgehead atoms. The Hall–Kier alpha value is -2.70. The molecule has 1 saturated heterocycles. The molecule has 3 heterocycles. The molecule has 2 aromatic heterocycles. The van der Waals surface area contributed by atoms with E-state index < -0.39 is 0 Å². The Kier molecular flexibility index (Phi) is 5.88. The number of carbonyl (C=O) groups excluding carboxylic acids is 2.